The maximum atomic E-state index is 13.0. The number of hydrogen-bond donors (Lipinski definition) is 0. The van der Waals surface area contributed by atoms with E-state index in [-0.39, 0.29) is 29.4 Å². The number of sulfone groups is 1. The summed E-state index contributed by atoms with van der Waals surface area (Å²) in [4.78, 5) is 29.7. The summed E-state index contributed by atoms with van der Waals surface area (Å²) < 4.78 is 32.4. The number of nitrogens with zero attached hydrogens (tertiary/aromatic N) is 2. The van der Waals surface area contributed by atoms with Gasteiger partial charge in [-0.05, 0) is 43.2 Å². The van der Waals surface area contributed by atoms with Crippen molar-refractivity contribution < 1.29 is 22.7 Å². The molecule has 1 amide bonds. The molecular formula is C22H24N2O5S2. The summed E-state index contributed by atoms with van der Waals surface area (Å²) >= 11 is 1.27. The standard InChI is InChI=1S/C22H24N2O5S2/c1-4-15-11-12-17-18(13-15)30-22(24(17)14-20(25)29-5-2)23-21(26)16-9-7-8-10-19(16)31(27,28)6-3/h7-13H,4-6,14H2,1-3H3. The highest BCUT2D eigenvalue weighted by Crippen LogP contribution is 2.21. The van der Waals surface area contributed by atoms with Crippen molar-refractivity contribution in [2.24, 2.45) is 4.99 Å². The normalized spacial score (nSPS) is 12.3. The molecule has 7 nitrogen and oxygen atoms in total. The van der Waals surface area contributed by atoms with E-state index in [1.54, 1.807) is 23.6 Å². The zero-order valence-electron chi connectivity index (χ0n) is 17.6. The number of aryl methyl sites for hydroxylation is 1. The first-order valence-corrected chi connectivity index (χ1v) is 12.5. The Labute approximate surface area is 184 Å². The lowest BCUT2D eigenvalue weighted by molar-refractivity contribution is -0.143. The molecule has 0 unspecified atom stereocenters. The summed E-state index contributed by atoms with van der Waals surface area (Å²) in [6, 6.07) is 11.9. The van der Waals surface area contributed by atoms with Crippen LogP contribution in [-0.2, 0) is 32.3 Å². The number of rotatable bonds is 7. The lowest BCUT2D eigenvalue weighted by Crippen LogP contribution is -2.23. The van der Waals surface area contributed by atoms with Crippen molar-refractivity contribution in [2.75, 3.05) is 12.4 Å². The second kappa shape index (κ2) is 9.57. The van der Waals surface area contributed by atoms with E-state index in [9.17, 15) is 18.0 Å². The van der Waals surface area contributed by atoms with E-state index in [0.29, 0.717) is 4.80 Å². The van der Waals surface area contributed by atoms with Crippen molar-refractivity contribution in [3.8, 4) is 0 Å². The van der Waals surface area contributed by atoms with E-state index in [2.05, 4.69) is 4.99 Å². The predicted molar refractivity (Wildman–Crippen MR) is 120 cm³/mol. The Balaban J connectivity index is 2.18. The van der Waals surface area contributed by atoms with Crippen LogP contribution in [0, 0.1) is 0 Å². The molecule has 0 aliphatic heterocycles. The number of carbonyl (C=O) groups excluding carboxylic acids is 2. The van der Waals surface area contributed by atoms with Crippen molar-refractivity contribution in [3.05, 3.63) is 58.4 Å². The van der Waals surface area contributed by atoms with Gasteiger partial charge in [-0.25, -0.2) is 8.42 Å². The summed E-state index contributed by atoms with van der Waals surface area (Å²) in [5, 5.41) is 0. The lowest BCUT2D eigenvalue weighted by Gasteiger charge is -2.07. The molecule has 0 atom stereocenters. The summed E-state index contributed by atoms with van der Waals surface area (Å²) in [6.45, 7) is 5.44. The molecule has 0 radical (unpaired) electrons. The quantitative estimate of drug-likeness (QED) is 0.504. The average Bonchev–Trinajstić information content (AvgIpc) is 3.09. The van der Waals surface area contributed by atoms with Gasteiger partial charge in [-0.3, -0.25) is 9.59 Å². The largest absolute Gasteiger partial charge is 0.465 e. The third-order valence-electron chi connectivity index (χ3n) is 4.78. The summed E-state index contributed by atoms with van der Waals surface area (Å²) in [6.07, 6.45) is 0.847. The zero-order chi connectivity index (χ0) is 22.6. The lowest BCUT2D eigenvalue weighted by atomic mass is 10.2. The van der Waals surface area contributed by atoms with Gasteiger partial charge >= 0.3 is 5.97 Å². The van der Waals surface area contributed by atoms with Crippen molar-refractivity contribution in [2.45, 2.75) is 38.6 Å². The molecule has 9 heteroatoms. The Hall–Kier alpha value is -2.78. The number of carbonyl (C=O) groups is 2. The smallest absolute Gasteiger partial charge is 0.326 e. The molecule has 0 aliphatic rings. The second-order valence-corrected chi connectivity index (χ2v) is 10.0. The van der Waals surface area contributed by atoms with Crippen molar-refractivity contribution in [3.63, 3.8) is 0 Å². The molecule has 2 aromatic carbocycles. The first-order valence-electron chi connectivity index (χ1n) is 9.99. The molecular weight excluding hydrogens is 436 g/mol. The summed E-state index contributed by atoms with van der Waals surface area (Å²) in [5.74, 6) is -1.24. The minimum atomic E-state index is -3.59. The molecule has 1 aromatic heterocycles. The Morgan fingerprint density at radius 2 is 1.84 bits per heavy atom. The molecule has 3 aromatic rings. The molecule has 164 valence electrons. The number of thiazole rings is 1. The molecule has 0 saturated carbocycles. The first-order chi connectivity index (χ1) is 14.8. The van der Waals surface area contributed by atoms with Crippen LogP contribution in [0.3, 0.4) is 0 Å². The van der Waals surface area contributed by atoms with E-state index >= 15 is 0 Å². The number of hydrogen-bond acceptors (Lipinski definition) is 6. The fraction of sp³-hybridized carbons (Fsp3) is 0.318. The van der Waals surface area contributed by atoms with Gasteiger partial charge in [0.15, 0.2) is 14.6 Å². The number of esters is 1. The molecule has 0 N–H and O–H groups in total. The number of benzene rings is 2. The number of fused-ring (bicyclic) bond motifs is 1. The Kier molecular flexibility index (Phi) is 7.07. The van der Waals surface area contributed by atoms with Gasteiger partial charge in [0.05, 0.1) is 33.0 Å². The number of ether oxygens (including phenoxy) is 1. The van der Waals surface area contributed by atoms with Crippen LogP contribution in [0.15, 0.2) is 52.4 Å². The maximum Gasteiger partial charge on any atom is 0.326 e. The van der Waals surface area contributed by atoms with Crippen molar-refractivity contribution in [1.82, 2.24) is 4.57 Å². The summed E-state index contributed by atoms with van der Waals surface area (Å²) in [7, 11) is -3.59. The van der Waals surface area contributed by atoms with Crippen LogP contribution in [0.1, 0.15) is 36.7 Å². The van der Waals surface area contributed by atoms with Crippen LogP contribution >= 0.6 is 11.3 Å². The van der Waals surface area contributed by atoms with Gasteiger partial charge in [0.25, 0.3) is 5.91 Å². The highest BCUT2D eigenvalue weighted by Gasteiger charge is 2.21. The molecule has 1 heterocycles. The van der Waals surface area contributed by atoms with Crippen LogP contribution in [0.2, 0.25) is 0 Å². The Morgan fingerprint density at radius 1 is 1.10 bits per heavy atom. The van der Waals surface area contributed by atoms with Crippen molar-refractivity contribution in [1.29, 1.82) is 0 Å². The molecule has 0 saturated heterocycles. The Morgan fingerprint density at radius 3 is 2.52 bits per heavy atom. The van der Waals surface area contributed by atoms with E-state index in [1.807, 2.05) is 25.1 Å². The molecule has 0 bridgehead atoms. The fourth-order valence-electron chi connectivity index (χ4n) is 3.13. The highest BCUT2D eigenvalue weighted by atomic mass is 32.2. The van der Waals surface area contributed by atoms with Gasteiger partial charge < -0.3 is 9.30 Å². The average molecular weight is 461 g/mol. The van der Waals surface area contributed by atoms with E-state index in [1.165, 1.54) is 30.4 Å². The minimum Gasteiger partial charge on any atom is -0.465 e. The second-order valence-electron chi connectivity index (χ2n) is 6.75. The van der Waals surface area contributed by atoms with Gasteiger partial charge in [0.2, 0.25) is 0 Å². The fourth-order valence-corrected chi connectivity index (χ4v) is 5.31. The van der Waals surface area contributed by atoms with Gasteiger partial charge in [-0.1, -0.05) is 43.4 Å². The third kappa shape index (κ3) is 4.94. The maximum absolute atomic E-state index is 13.0. The van der Waals surface area contributed by atoms with Gasteiger partial charge in [-0.15, -0.1) is 0 Å². The van der Waals surface area contributed by atoms with E-state index in [0.717, 1.165) is 22.2 Å². The van der Waals surface area contributed by atoms with Crippen LogP contribution < -0.4 is 4.80 Å². The van der Waals surface area contributed by atoms with E-state index < -0.39 is 21.7 Å². The van der Waals surface area contributed by atoms with Gasteiger partial charge in [0.1, 0.15) is 6.54 Å². The highest BCUT2D eigenvalue weighted by molar-refractivity contribution is 7.91. The van der Waals surface area contributed by atoms with Crippen LogP contribution in [-0.4, -0.2) is 37.2 Å². The molecule has 3 rings (SSSR count). The third-order valence-corrected chi connectivity index (χ3v) is 7.61. The number of aromatic nitrogens is 1. The first kappa shape index (κ1) is 22.9. The van der Waals surface area contributed by atoms with Crippen LogP contribution in [0.4, 0.5) is 0 Å². The predicted octanol–water partition coefficient (Wildman–Crippen LogP) is 3.36. The minimum absolute atomic E-state index is 0.0127. The SMILES string of the molecule is CCOC(=O)Cn1c(=NC(=O)c2ccccc2S(=O)(=O)CC)sc2cc(CC)ccc21. The van der Waals surface area contributed by atoms with Gasteiger partial charge in [0, 0.05) is 0 Å². The molecule has 0 spiro atoms. The Bertz CT molecular complexity index is 1300. The molecule has 0 fully saturated rings. The van der Waals surface area contributed by atoms with Crippen LogP contribution in [0.5, 0.6) is 0 Å². The molecule has 0 aliphatic carbocycles. The number of amides is 1. The van der Waals surface area contributed by atoms with Crippen molar-refractivity contribution >= 4 is 43.3 Å². The zero-order valence-corrected chi connectivity index (χ0v) is 19.3. The van der Waals surface area contributed by atoms with Crippen LogP contribution in [0.25, 0.3) is 10.2 Å². The summed E-state index contributed by atoms with van der Waals surface area (Å²) in [5.41, 5.74) is 1.89. The monoisotopic (exact) mass is 460 g/mol. The topological polar surface area (TPSA) is 94.8 Å². The molecule has 31 heavy (non-hydrogen) atoms. The van der Waals surface area contributed by atoms with Gasteiger partial charge in [-0.2, -0.15) is 4.99 Å². The van der Waals surface area contributed by atoms with E-state index in [4.69, 9.17) is 4.74 Å².